The van der Waals surface area contributed by atoms with Crippen LogP contribution in [0, 0.1) is 11.8 Å². The van der Waals surface area contributed by atoms with Crippen molar-refractivity contribution in [3.63, 3.8) is 0 Å². The normalized spacial score (nSPS) is 22.5. The Morgan fingerprint density at radius 1 is 1.19 bits per heavy atom. The van der Waals surface area contributed by atoms with Crippen LogP contribution in [0.5, 0.6) is 0 Å². The number of nitrogens with zero attached hydrogens (tertiary/aromatic N) is 5. The van der Waals surface area contributed by atoms with Crippen LogP contribution in [-0.4, -0.2) is 55.6 Å². The lowest BCUT2D eigenvalue weighted by atomic mass is 9.96. The van der Waals surface area contributed by atoms with Crippen molar-refractivity contribution >= 4 is 28.0 Å². The fourth-order valence-corrected chi connectivity index (χ4v) is 5.38. The number of carbonyl (C=O) groups excluding carboxylic acids is 1. The molecular weight excluding hydrogens is 400 g/mol. The maximum Gasteiger partial charge on any atom is 0.253 e. The molecule has 0 spiro atoms. The Morgan fingerprint density at radius 3 is 2.84 bits per heavy atom. The molecule has 162 valence electrons. The van der Waals surface area contributed by atoms with Gasteiger partial charge in [-0.25, -0.2) is 9.97 Å². The molecule has 3 aromatic heterocycles. The second-order valence-corrected chi connectivity index (χ2v) is 9.68. The number of imidazole rings is 1. The van der Waals surface area contributed by atoms with E-state index >= 15 is 0 Å². The summed E-state index contributed by atoms with van der Waals surface area (Å²) in [7, 11) is 2.06. The molecule has 4 aromatic rings. The molecule has 7 heteroatoms. The first-order chi connectivity index (χ1) is 15.7. The minimum absolute atomic E-state index is 0.113. The van der Waals surface area contributed by atoms with Gasteiger partial charge in [0.1, 0.15) is 5.65 Å². The number of rotatable bonds is 4. The fourth-order valence-electron chi connectivity index (χ4n) is 5.38. The summed E-state index contributed by atoms with van der Waals surface area (Å²) in [5.41, 5.74) is 4.75. The number of hydrogen-bond acceptors (Lipinski definition) is 4. The monoisotopic (exact) mass is 426 g/mol. The maximum absolute atomic E-state index is 13.1. The number of benzene rings is 1. The number of carbonyl (C=O) groups is 1. The van der Waals surface area contributed by atoms with Gasteiger partial charge in [0.05, 0.1) is 16.7 Å². The highest BCUT2D eigenvalue weighted by molar-refractivity contribution is 5.98. The fraction of sp³-hybridized carbons (Fsp3) is 0.400. The molecule has 7 nitrogen and oxygen atoms in total. The zero-order valence-corrected chi connectivity index (χ0v) is 18.2. The highest BCUT2D eigenvalue weighted by Crippen LogP contribution is 2.36. The average Bonchev–Trinajstić information content (AvgIpc) is 3.37. The lowest BCUT2D eigenvalue weighted by molar-refractivity contribution is 0.0789. The van der Waals surface area contributed by atoms with E-state index in [1.54, 1.807) is 0 Å². The largest absolute Gasteiger partial charge is 0.337 e. The molecule has 1 amide bonds. The van der Waals surface area contributed by atoms with E-state index < -0.39 is 0 Å². The van der Waals surface area contributed by atoms with Crippen molar-refractivity contribution in [3.05, 3.63) is 48.2 Å². The molecular formula is C25H26N6O. The number of aryl methyl sites for hydroxylation is 1. The van der Waals surface area contributed by atoms with Gasteiger partial charge < -0.3 is 19.4 Å². The van der Waals surface area contributed by atoms with Gasteiger partial charge in [-0.05, 0) is 55.2 Å². The lowest BCUT2D eigenvalue weighted by Gasteiger charge is -2.29. The molecule has 32 heavy (non-hydrogen) atoms. The molecule has 1 aliphatic carbocycles. The Hall–Kier alpha value is -3.19. The van der Waals surface area contributed by atoms with Gasteiger partial charge in [0.2, 0.25) is 0 Å². The van der Waals surface area contributed by atoms with Crippen LogP contribution in [0.1, 0.15) is 23.2 Å². The Kier molecular flexibility index (Phi) is 3.82. The van der Waals surface area contributed by atoms with Crippen LogP contribution in [0.4, 0.5) is 0 Å². The molecule has 7 rings (SSSR count). The van der Waals surface area contributed by atoms with E-state index in [1.807, 2.05) is 35.4 Å². The third kappa shape index (κ3) is 2.73. The number of hydrogen-bond donors (Lipinski definition) is 1. The van der Waals surface area contributed by atoms with Crippen LogP contribution in [-0.2, 0) is 13.6 Å². The van der Waals surface area contributed by atoms with E-state index in [0.717, 1.165) is 71.2 Å². The molecule has 2 aliphatic heterocycles. The van der Waals surface area contributed by atoms with Gasteiger partial charge in [0, 0.05) is 62.3 Å². The highest BCUT2D eigenvalue weighted by Gasteiger charge is 2.41. The first-order valence-electron chi connectivity index (χ1n) is 11.6. The third-order valence-corrected chi connectivity index (χ3v) is 7.52. The van der Waals surface area contributed by atoms with Gasteiger partial charge >= 0.3 is 0 Å². The number of fused-ring (bicyclic) bond motifs is 3. The second kappa shape index (κ2) is 6.65. The minimum atomic E-state index is 0.113. The predicted molar refractivity (Wildman–Crippen MR) is 123 cm³/mol. The zero-order chi connectivity index (χ0) is 21.4. The summed E-state index contributed by atoms with van der Waals surface area (Å²) < 4.78 is 4.47. The zero-order valence-electron chi connectivity index (χ0n) is 18.2. The second-order valence-electron chi connectivity index (χ2n) is 9.68. The van der Waals surface area contributed by atoms with Crippen molar-refractivity contribution in [1.82, 2.24) is 29.3 Å². The summed E-state index contributed by atoms with van der Waals surface area (Å²) in [5.74, 6) is 2.38. The average molecular weight is 427 g/mol. The number of aromatic nitrogens is 4. The van der Waals surface area contributed by atoms with E-state index in [1.165, 1.54) is 12.8 Å². The molecule has 0 bridgehead atoms. The Morgan fingerprint density at radius 2 is 2.09 bits per heavy atom. The molecule has 1 saturated carbocycles. The van der Waals surface area contributed by atoms with Crippen molar-refractivity contribution in [1.29, 1.82) is 0 Å². The third-order valence-electron chi connectivity index (χ3n) is 7.52. The van der Waals surface area contributed by atoms with Gasteiger partial charge in [0.15, 0.2) is 5.82 Å². The Bertz CT molecular complexity index is 1370. The molecule has 5 heterocycles. The Balaban J connectivity index is 1.30. The number of pyridine rings is 1. The quantitative estimate of drug-likeness (QED) is 0.545. The van der Waals surface area contributed by atoms with Crippen LogP contribution in [0.25, 0.3) is 33.6 Å². The smallest absolute Gasteiger partial charge is 0.253 e. The number of nitrogens with one attached hydrogen (secondary N) is 1. The van der Waals surface area contributed by atoms with Crippen LogP contribution in [0.15, 0.2) is 42.6 Å². The summed E-state index contributed by atoms with van der Waals surface area (Å²) in [6, 6.07) is 12.7. The topological polar surface area (TPSA) is 68.0 Å². The molecule has 1 aromatic carbocycles. The molecule has 2 atom stereocenters. The molecule has 2 saturated heterocycles. The first-order valence-corrected chi connectivity index (χ1v) is 11.6. The summed E-state index contributed by atoms with van der Waals surface area (Å²) in [4.78, 5) is 24.8. The molecule has 1 N–H and O–H groups in total. The van der Waals surface area contributed by atoms with Crippen molar-refractivity contribution < 1.29 is 4.79 Å². The number of likely N-dealkylation sites (tertiary alicyclic amines) is 1. The van der Waals surface area contributed by atoms with Crippen LogP contribution in [0.3, 0.4) is 0 Å². The lowest BCUT2D eigenvalue weighted by Crippen LogP contribution is -2.51. The Labute approximate surface area is 186 Å². The molecule has 2 unspecified atom stereocenters. The first kappa shape index (κ1) is 18.4. The van der Waals surface area contributed by atoms with Crippen LogP contribution < -0.4 is 5.32 Å². The van der Waals surface area contributed by atoms with E-state index in [2.05, 4.69) is 38.6 Å². The van der Waals surface area contributed by atoms with Gasteiger partial charge in [-0.2, -0.15) is 0 Å². The van der Waals surface area contributed by atoms with Gasteiger partial charge in [0.25, 0.3) is 5.91 Å². The van der Waals surface area contributed by atoms with Gasteiger partial charge in [-0.1, -0.05) is 0 Å². The highest BCUT2D eigenvalue weighted by atomic mass is 16.2. The van der Waals surface area contributed by atoms with E-state index in [0.29, 0.717) is 12.0 Å². The maximum atomic E-state index is 13.1. The molecule has 3 fully saturated rings. The van der Waals surface area contributed by atoms with Crippen LogP contribution >= 0.6 is 0 Å². The summed E-state index contributed by atoms with van der Waals surface area (Å²) in [6.45, 7) is 3.68. The van der Waals surface area contributed by atoms with E-state index in [-0.39, 0.29) is 5.91 Å². The summed E-state index contributed by atoms with van der Waals surface area (Å²) in [5, 5.41) is 4.56. The molecule has 0 radical (unpaired) electrons. The van der Waals surface area contributed by atoms with E-state index in [9.17, 15) is 4.79 Å². The van der Waals surface area contributed by atoms with Crippen LogP contribution in [0.2, 0.25) is 0 Å². The molecule has 3 aliphatic rings. The van der Waals surface area contributed by atoms with Crippen molar-refractivity contribution in [2.75, 3.05) is 19.6 Å². The van der Waals surface area contributed by atoms with Crippen molar-refractivity contribution in [3.8, 4) is 11.5 Å². The SMILES string of the molecule is Cn1c(-c2cc3cccnc3n2CC2CC2)nc2cc(C(=O)N3CC4CNC4C3)ccc21. The van der Waals surface area contributed by atoms with E-state index in [4.69, 9.17) is 4.98 Å². The van der Waals surface area contributed by atoms with Crippen molar-refractivity contribution in [2.24, 2.45) is 18.9 Å². The van der Waals surface area contributed by atoms with Crippen molar-refractivity contribution in [2.45, 2.75) is 25.4 Å². The minimum Gasteiger partial charge on any atom is -0.337 e. The number of amides is 1. The summed E-state index contributed by atoms with van der Waals surface area (Å²) in [6.07, 6.45) is 4.43. The van der Waals surface area contributed by atoms with Gasteiger partial charge in [-0.15, -0.1) is 0 Å². The standard InChI is InChI=1S/C25H26N6O/c1-29-21-7-6-17(25(32)30-13-18-11-27-20(18)14-30)9-19(21)28-24(29)22-10-16-3-2-8-26-23(16)31(22)12-15-4-5-15/h2-3,6-10,15,18,20,27H,4-5,11-14H2,1H3. The summed E-state index contributed by atoms with van der Waals surface area (Å²) >= 11 is 0. The van der Waals surface area contributed by atoms with Gasteiger partial charge in [-0.3, -0.25) is 4.79 Å². The predicted octanol–water partition coefficient (Wildman–Crippen LogP) is 3.04.